The Balaban J connectivity index is 1.58. The molecule has 2 saturated heterocycles. The van der Waals surface area contributed by atoms with Gasteiger partial charge in [0.15, 0.2) is 0 Å². The summed E-state index contributed by atoms with van der Waals surface area (Å²) in [6.45, 7) is 1.32. The smallest absolute Gasteiger partial charge is 0.0687 e. The van der Waals surface area contributed by atoms with E-state index in [2.05, 4.69) is 5.32 Å². The van der Waals surface area contributed by atoms with E-state index in [9.17, 15) is 5.11 Å². The van der Waals surface area contributed by atoms with Gasteiger partial charge in [0.25, 0.3) is 0 Å². The Morgan fingerprint density at radius 3 is 2.56 bits per heavy atom. The van der Waals surface area contributed by atoms with Gasteiger partial charge in [-0.15, -0.1) is 0 Å². The minimum atomic E-state index is -0.0368. The first kappa shape index (κ1) is 12.9. The van der Waals surface area contributed by atoms with Crippen LogP contribution in [0.3, 0.4) is 0 Å². The molecule has 3 fully saturated rings. The normalized spacial score (nSPS) is 39.5. The molecule has 1 saturated carbocycles. The van der Waals surface area contributed by atoms with Crippen molar-refractivity contribution < 1.29 is 9.84 Å². The standard InChI is InChI=1S/C15H27NO2/c17-12-14(6-4-10-16-14)11-13-5-9-15(18-13)7-2-1-3-8-15/h13,16-17H,1-12H2. The first-order valence-corrected chi connectivity index (χ1v) is 7.80. The molecule has 0 aromatic rings. The Kier molecular flexibility index (Phi) is 3.65. The van der Waals surface area contributed by atoms with Crippen LogP contribution in [0, 0.1) is 0 Å². The lowest BCUT2D eigenvalue weighted by molar-refractivity contribution is -0.0747. The van der Waals surface area contributed by atoms with Crippen LogP contribution in [0.5, 0.6) is 0 Å². The molecule has 0 bridgehead atoms. The average Bonchev–Trinajstić information content (AvgIpc) is 3.00. The SMILES string of the molecule is OCC1(CC2CCC3(CCCCC3)O2)CCCN1. The van der Waals surface area contributed by atoms with Gasteiger partial charge >= 0.3 is 0 Å². The molecule has 0 aromatic heterocycles. The summed E-state index contributed by atoms with van der Waals surface area (Å²) in [6.07, 6.45) is 12.7. The molecule has 2 aliphatic heterocycles. The fraction of sp³-hybridized carbons (Fsp3) is 1.00. The Labute approximate surface area is 110 Å². The van der Waals surface area contributed by atoms with E-state index in [1.54, 1.807) is 0 Å². The fourth-order valence-electron chi connectivity index (χ4n) is 4.28. The van der Waals surface area contributed by atoms with E-state index in [1.807, 2.05) is 0 Å². The van der Waals surface area contributed by atoms with Crippen molar-refractivity contribution in [3.05, 3.63) is 0 Å². The predicted molar refractivity (Wildman–Crippen MR) is 71.6 cm³/mol. The maximum Gasteiger partial charge on any atom is 0.0687 e. The van der Waals surface area contributed by atoms with Crippen LogP contribution in [0.2, 0.25) is 0 Å². The molecule has 2 atom stereocenters. The second-order valence-corrected chi connectivity index (χ2v) is 6.70. The van der Waals surface area contributed by atoms with E-state index in [-0.39, 0.29) is 17.7 Å². The number of aliphatic hydroxyl groups is 1. The minimum Gasteiger partial charge on any atom is -0.394 e. The molecular formula is C15H27NO2. The van der Waals surface area contributed by atoms with Crippen LogP contribution in [0.25, 0.3) is 0 Å². The Bertz CT molecular complexity index is 280. The number of hydrogen-bond donors (Lipinski definition) is 2. The van der Waals surface area contributed by atoms with Gasteiger partial charge in [0.1, 0.15) is 0 Å². The van der Waals surface area contributed by atoms with Crippen molar-refractivity contribution in [1.82, 2.24) is 5.32 Å². The van der Waals surface area contributed by atoms with Crippen LogP contribution < -0.4 is 5.32 Å². The van der Waals surface area contributed by atoms with Crippen LogP contribution in [-0.2, 0) is 4.74 Å². The quantitative estimate of drug-likeness (QED) is 0.811. The lowest BCUT2D eigenvalue weighted by atomic mass is 9.82. The zero-order chi connectivity index (χ0) is 12.5. The van der Waals surface area contributed by atoms with E-state index < -0.39 is 0 Å². The van der Waals surface area contributed by atoms with Crippen LogP contribution in [-0.4, -0.2) is 35.5 Å². The molecule has 3 rings (SSSR count). The average molecular weight is 253 g/mol. The molecule has 18 heavy (non-hydrogen) atoms. The van der Waals surface area contributed by atoms with Gasteiger partial charge in [-0.05, 0) is 51.5 Å². The maximum atomic E-state index is 9.66. The molecule has 0 radical (unpaired) electrons. The molecule has 2 heterocycles. The van der Waals surface area contributed by atoms with E-state index in [1.165, 1.54) is 51.4 Å². The summed E-state index contributed by atoms with van der Waals surface area (Å²) in [5.41, 5.74) is 0.184. The molecule has 2 N–H and O–H groups in total. The summed E-state index contributed by atoms with van der Waals surface area (Å²) in [6, 6.07) is 0. The van der Waals surface area contributed by atoms with Gasteiger partial charge in [0, 0.05) is 5.54 Å². The third-order valence-corrected chi connectivity index (χ3v) is 5.36. The van der Waals surface area contributed by atoms with Crippen LogP contribution in [0.1, 0.15) is 64.2 Å². The molecule has 2 unspecified atom stereocenters. The number of aliphatic hydroxyl groups excluding tert-OH is 1. The Hall–Kier alpha value is -0.120. The highest BCUT2D eigenvalue weighted by Crippen LogP contribution is 2.44. The topological polar surface area (TPSA) is 41.5 Å². The molecule has 3 nitrogen and oxygen atoms in total. The van der Waals surface area contributed by atoms with E-state index in [0.29, 0.717) is 6.10 Å². The van der Waals surface area contributed by atoms with Crippen molar-refractivity contribution in [3.63, 3.8) is 0 Å². The first-order valence-electron chi connectivity index (χ1n) is 7.80. The highest BCUT2D eigenvalue weighted by atomic mass is 16.5. The Morgan fingerprint density at radius 1 is 1.06 bits per heavy atom. The highest BCUT2D eigenvalue weighted by molar-refractivity contribution is 4.98. The van der Waals surface area contributed by atoms with E-state index in [0.717, 1.165) is 19.4 Å². The van der Waals surface area contributed by atoms with Gasteiger partial charge in [0.05, 0.1) is 18.3 Å². The molecule has 104 valence electrons. The van der Waals surface area contributed by atoms with Crippen molar-refractivity contribution in [3.8, 4) is 0 Å². The second kappa shape index (κ2) is 5.10. The summed E-state index contributed by atoms with van der Waals surface area (Å²) in [4.78, 5) is 0. The molecule has 0 aromatic carbocycles. The third kappa shape index (κ3) is 2.45. The van der Waals surface area contributed by atoms with Crippen LogP contribution in [0.15, 0.2) is 0 Å². The fourth-order valence-corrected chi connectivity index (χ4v) is 4.28. The number of nitrogens with one attached hydrogen (secondary N) is 1. The Morgan fingerprint density at radius 2 is 1.89 bits per heavy atom. The predicted octanol–water partition coefficient (Wildman–Crippen LogP) is 2.37. The first-order chi connectivity index (χ1) is 8.76. The van der Waals surface area contributed by atoms with Crippen molar-refractivity contribution in [2.45, 2.75) is 81.5 Å². The minimum absolute atomic E-state index is 0.0368. The molecule has 3 aliphatic rings. The maximum absolute atomic E-state index is 9.66. The number of rotatable bonds is 3. The summed E-state index contributed by atoms with van der Waals surface area (Å²) in [5, 5.41) is 13.2. The number of ether oxygens (including phenoxy) is 1. The van der Waals surface area contributed by atoms with Crippen molar-refractivity contribution in [2.75, 3.05) is 13.2 Å². The summed E-state index contributed by atoms with van der Waals surface area (Å²) in [5.74, 6) is 0. The van der Waals surface area contributed by atoms with Crippen molar-refractivity contribution >= 4 is 0 Å². The van der Waals surface area contributed by atoms with Crippen molar-refractivity contribution in [2.24, 2.45) is 0 Å². The third-order valence-electron chi connectivity index (χ3n) is 5.36. The van der Waals surface area contributed by atoms with Crippen LogP contribution >= 0.6 is 0 Å². The monoisotopic (exact) mass is 253 g/mol. The summed E-state index contributed by atoms with van der Waals surface area (Å²) >= 11 is 0. The lowest BCUT2D eigenvalue weighted by Crippen LogP contribution is -2.46. The zero-order valence-corrected chi connectivity index (χ0v) is 11.4. The van der Waals surface area contributed by atoms with Gasteiger partial charge in [-0.1, -0.05) is 19.3 Å². The van der Waals surface area contributed by atoms with Gasteiger partial charge in [-0.3, -0.25) is 0 Å². The lowest BCUT2D eigenvalue weighted by Gasteiger charge is -2.35. The molecular weight excluding hydrogens is 226 g/mol. The van der Waals surface area contributed by atoms with E-state index >= 15 is 0 Å². The van der Waals surface area contributed by atoms with Gasteiger partial charge in [-0.25, -0.2) is 0 Å². The molecule has 1 spiro atoms. The summed E-state index contributed by atoms with van der Waals surface area (Å²) in [7, 11) is 0. The summed E-state index contributed by atoms with van der Waals surface area (Å²) < 4.78 is 6.43. The van der Waals surface area contributed by atoms with Crippen molar-refractivity contribution in [1.29, 1.82) is 0 Å². The largest absolute Gasteiger partial charge is 0.394 e. The van der Waals surface area contributed by atoms with Gasteiger partial charge < -0.3 is 15.2 Å². The highest BCUT2D eigenvalue weighted by Gasteiger charge is 2.44. The van der Waals surface area contributed by atoms with Gasteiger partial charge in [0.2, 0.25) is 0 Å². The van der Waals surface area contributed by atoms with Crippen LogP contribution in [0.4, 0.5) is 0 Å². The zero-order valence-electron chi connectivity index (χ0n) is 11.4. The number of hydrogen-bond acceptors (Lipinski definition) is 3. The van der Waals surface area contributed by atoms with Gasteiger partial charge in [-0.2, -0.15) is 0 Å². The molecule has 0 amide bonds. The molecule has 3 heteroatoms. The second-order valence-electron chi connectivity index (χ2n) is 6.70. The van der Waals surface area contributed by atoms with E-state index in [4.69, 9.17) is 4.74 Å². The molecule has 1 aliphatic carbocycles.